The Labute approximate surface area is 145 Å². The number of rotatable bonds is 7. The molecule has 8 nitrogen and oxygen atoms in total. The molecule has 1 aliphatic rings. The fourth-order valence-electron chi connectivity index (χ4n) is 3.11. The van der Waals surface area contributed by atoms with Crippen LogP contribution in [0.15, 0.2) is 18.2 Å². The molecule has 1 aliphatic carbocycles. The van der Waals surface area contributed by atoms with Gasteiger partial charge in [0, 0.05) is 30.0 Å². The Balaban J connectivity index is 2.15. The molecule has 136 valence electrons. The van der Waals surface area contributed by atoms with Crippen LogP contribution in [0.4, 0.5) is 5.69 Å². The van der Waals surface area contributed by atoms with Crippen LogP contribution in [0.5, 0.6) is 5.75 Å². The van der Waals surface area contributed by atoms with Gasteiger partial charge in [-0.3, -0.25) is 14.9 Å². The van der Waals surface area contributed by atoms with E-state index in [9.17, 15) is 24.8 Å². The molecule has 0 aromatic heterocycles. The van der Waals surface area contributed by atoms with E-state index in [4.69, 9.17) is 4.74 Å². The van der Waals surface area contributed by atoms with Crippen molar-refractivity contribution in [3.63, 3.8) is 0 Å². The lowest BCUT2D eigenvalue weighted by molar-refractivity contribution is -0.384. The number of amides is 1. The van der Waals surface area contributed by atoms with Crippen molar-refractivity contribution in [1.82, 2.24) is 5.32 Å². The summed E-state index contributed by atoms with van der Waals surface area (Å²) in [7, 11) is 1.40. The van der Waals surface area contributed by atoms with Gasteiger partial charge in [-0.15, -0.1) is 0 Å². The normalized spacial score (nSPS) is 16.0. The van der Waals surface area contributed by atoms with Crippen LogP contribution in [0.3, 0.4) is 0 Å². The molecule has 1 aromatic carbocycles. The summed E-state index contributed by atoms with van der Waals surface area (Å²) in [6.45, 7) is 0. The first kappa shape index (κ1) is 18.7. The number of carboxylic acid groups (broad SMARTS) is 1. The van der Waals surface area contributed by atoms with Gasteiger partial charge in [0.1, 0.15) is 11.8 Å². The van der Waals surface area contributed by atoms with Gasteiger partial charge < -0.3 is 15.2 Å². The van der Waals surface area contributed by atoms with Crippen molar-refractivity contribution in [2.45, 2.75) is 44.6 Å². The Morgan fingerprint density at radius 1 is 1.36 bits per heavy atom. The monoisotopic (exact) mass is 350 g/mol. The van der Waals surface area contributed by atoms with Crippen molar-refractivity contribution < 1.29 is 24.4 Å². The summed E-state index contributed by atoms with van der Waals surface area (Å²) in [6, 6.07) is 2.83. The maximum absolute atomic E-state index is 12.3. The van der Waals surface area contributed by atoms with Gasteiger partial charge in [0.15, 0.2) is 0 Å². The first-order valence-corrected chi connectivity index (χ1v) is 8.27. The van der Waals surface area contributed by atoms with Crippen molar-refractivity contribution in [2.24, 2.45) is 5.92 Å². The van der Waals surface area contributed by atoms with Crippen LogP contribution in [0.25, 0.3) is 0 Å². The SMILES string of the molecule is COc1ccc([N+](=O)[O-])cc1C[C@@H](NC(=O)C1CCCCC1)C(=O)O. The minimum absolute atomic E-state index is 0.0847. The van der Waals surface area contributed by atoms with E-state index in [2.05, 4.69) is 5.32 Å². The zero-order valence-electron chi connectivity index (χ0n) is 14.1. The largest absolute Gasteiger partial charge is 0.496 e. The van der Waals surface area contributed by atoms with Crippen LogP contribution in [0.2, 0.25) is 0 Å². The van der Waals surface area contributed by atoms with Gasteiger partial charge in [0.25, 0.3) is 5.69 Å². The van der Waals surface area contributed by atoms with Crippen LogP contribution in [0, 0.1) is 16.0 Å². The number of benzene rings is 1. The minimum Gasteiger partial charge on any atom is -0.496 e. The summed E-state index contributed by atoms with van der Waals surface area (Å²) in [5, 5.41) is 22.9. The highest BCUT2D eigenvalue weighted by atomic mass is 16.6. The van der Waals surface area contributed by atoms with Crippen molar-refractivity contribution in [3.05, 3.63) is 33.9 Å². The summed E-state index contributed by atoms with van der Waals surface area (Å²) in [6.07, 6.45) is 4.47. The molecule has 0 aliphatic heterocycles. The molecule has 0 radical (unpaired) electrons. The van der Waals surface area contributed by atoms with Crippen LogP contribution < -0.4 is 10.1 Å². The standard InChI is InChI=1S/C17H22N2O6/c1-25-15-8-7-13(19(23)24)9-12(15)10-14(17(21)22)18-16(20)11-5-3-2-4-6-11/h7-9,11,14H,2-6,10H2,1H3,(H,18,20)(H,21,22)/t14-/m1/s1. The van der Waals surface area contributed by atoms with E-state index in [0.29, 0.717) is 11.3 Å². The van der Waals surface area contributed by atoms with E-state index in [1.54, 1.807) is 0 Å². The first-order chi connectivity index (χ1) is 11.9. The molecular weight excluding hydrogens is 328 g/mol. The van der Waals surface area contributed by atoms with E-state index in [1.165, 1.54) is 25.3 Å². The smallest absolute Gasteiger partial charge is 0.326 e. The number of carbonyl (C=O) groups excluding carboxylic acids is 1. The van der Waals surface area contributed by atoms with Crippen LogP contribution in [0.1, 0.15) is 37.7 Å². The van der Waals surface area contributed by atoms with Gasteiger partial charge in [-0.25, -0.2) is 4.79 Å². The molecule has 1 amide bonds. The third-order valence-electron chi connectivity index (χ3n) is 4.49. The Kier molecular flexibility index (Phi) is 6.32. The molecule has 0 spiro atoms. The van der Waals surface area contributed by atoms with E-state index >= 15 is 0 Å². The Hall–Kier alpha value is -2.64. The predicted octanol–water partition coefficient (Wildman–Crippen LogP) is 2.30. The molecule has 0 saturated heterocycles. The summed E-state index contributed by atoms with van der Waals surface area (Å²) < 4.78 is 5.15. The van der Waals surface area contributed by atoms with Crippen molar-refractivity contribution in [3.8, 4) is 5.75 Å². The number of nitrogens with one attached hydrogen (secondary N) is 1. The molecule has 0 unspecified atom stereocenters. The van der Waals surface area contributed by atoms with Crippen molar-refractivity contribution in [2.75, 3.05) is 7.11 Å². The number of aliphatic carboxylic acids is 1. The molecule has 1 atom stereocenters. The number of nitrogens with zero attached hydrogens (tertiary/aromatic N) is 1. The van der Waals surface area contributed by atoms with Gasteiger partial charge in [0.2, 0.25) is 5.91 Å². The van der Waals surface area contributed by atoms with Gasteiger partial charge >= 0.3 is 5.97 Å². The molecular formula is C17H22N2O6. The third kappa shape index (κ3) is 4.91. The predicted molar refractivity (Wildman–Crippen MR) is 89.5 cm³/mol. The quantitative estimate of drug-likeness (QED) is 0.575. The first-order valence-electron chi connectivity index (χ1n) is 8.27. The molecule has 1 saturated carbocycles. The summed E-state index contributed by atoms with van der Waals surface area (Å²) >= 11 is 0. The summed E-state index contributed by atoms with van der Waals surface area (Å²) in [4.78, 5) is 34.2. The van der Waals surface area contributed by atoms with E-state index in [0.717, 1.165) is 32.1 Å². The maximum atomic E-state index is 12.3. The summed E-state index contributed by atoms with van der Waals surface area (Å²) in [5.74, 6) is -1.26. The molecule has 2 N–H and O–H groups in total. The highest BCUT2D eigenvalue weighted by molar-refractivity contribution is 5.85. The van der Waals surface area contributed by atoms with E-state index in [1.807, 2.05) is 0 Å². The van der Waals surface area contributed by atoms with Crippen LogP contribution in [-0.4, -0.2) is 35.1 Å². The van der Waals surface area contributed by atoms with Gasteiger partial charge in [0.05, 0.1) is 12.0 Å². The number of ether oxygens (including phenoxy) is 1. The zero-order chi connectivity index (χ0) is 18.4. The third-order valence-corrected chi connectivity index (χ3v) is 4.49. The van der Waals surface area contributed by atoms with Gasteiger partial charge in [-0.05, 0) is 18.9 Å². The summed E-state index contributed by atoms with van der Waals surface area (Å²) in [5.41, 5.74) is 0.214. The highest BCUT2D eigenvalue weighted by Crippen LogP contribution is 2.26. The lowest BCUT2D eigenvalue weighted by Crippen LogP contribution is -2.45. The minimum atomic E-state index is -1.18. The Morgan fingerprint density at radius 2 is 2.04 bits per heavy atom. The Morgan fingerprint density at radius 3 is 2.60 bits per heavy atom. The highest BCUT2D eigenvalue weighted by Gasteiger charge is 2.27. The molecule has 8 heteroatoms. The zero-order valence-corrected chi connectivity index (χ0v) is 14.1. The molecule has 25 heavy (non-hydrogen) atoms. The lowest BCUT2D eigenvalue weighted by atomic mass is 9.88. The number of hydrogen-bond acceptors (Lipinski definition) is 5. The fourth-order valence-corrected chi connectivity index (χ4v) is 3.11. The molecule has 0 bridgehead atoms. The maximum Gasteiger partial charge on any atom is 0.326 e. The van der Waals surface area contributed by atoms with Crippen molar-refractivity contribution >= 4 is 17.6 Å². The average Bonchev–Trinajstić information content (AvgIpc) is 2.61. The topological polar surface area (TPSA) is 119 Å². The molecule has 0 heterocycles. The second kappa shape index (κ2) is 8.46. The number of carboxylic acids is 1. The fraction of sp³-hybridized carbons (Fsp3) is 0.529. The van der Waals surface area contributed by atoms with Crippen LogP contribution >= 0.6 is 0 Å². The average molecular weight is 350 g/mol. The van der Waals surface area contributed by atoms with Gasteiger partial charge in [-0.2, -0.15) is 0 Å². The van der Waals surface area contributed by atoms with E-state index in [-0.39, 0.29) is 23.9 Å². The lowest BCUT2D eigenvalue weighted by Gasteiger charge is -2.23. The second-order valence-electron chi connectivity index (χ2n) is 6.19. The molecule has 2 rings (SSSR count). The molecule has 1 aromatic rings. The molecule has 1 fully saturated rings. The number of nitro groups is 1. The van der Waals surface area contributed by atoms with Crippen molar-refractivity contribution in [1.29, 1.82) is 0 Å². The van der Waals surface area contributed by atoms with Crippen LogP contribution in [-0.2, 0) is 16.0 Å². The second-order valence-corrected chi connectivity index (χ2v) is 6.19. The van der Waals surface area contributed by atoms with E-state index < -0.39 is 16.9 Å². The Bertz CT molecular complexity index is 655. The number of methoxy groups -OCH3 is 1. The number of hydrogen-bond donors (Lipinski definition) is 2. The number of nitro benzene ring substituents is 1. The van der Waals surface area contributed by atoms with Gasteiger partial charge in [-0.1, -0.05) is 19.3 Å². The number of carbonyl (C=O) groups is 2. The number of non-ortho nitro benzene ring substituents is 1.